The molecule has 1 aromatic heterocycles. The van der Waals surface area contributed by atoms with Crippen LogP contribution in [0, 0.1) is 0 Å². The monoisotopic (exact) mass is 507 g/mol. The summed E-state index contributed by atoms with van der Waals surface area (Å²) in [6.07, 6.45) is 0. The number of thioether (sulfide) groups is 1. The first-order chi connectivity index (χ1) is 16.9. The number of hydrazone groups is 1. The summed E-state index contributed by atoms with van der Waals surface area (Å²) in [6, 6.07) is 21.4. The van der Waals surface area contributed by atoms with Crippen LogP contribution in [0.25, 0.3) is 17.1 Å². The maximum Gasteiger partial charge on any atom is 0.250 e. The Morgan fingerprint density at radius 3 is 2.40 bits per heavy atom. The Morgan fingerprint density at radius 2 is 1.74 bits per heavy atom. The second kappa shape index (κ2) is 11.1. The van der Waals surface area contributed by atoms with E-state index in [1.54, 1.807) is 50.4 Å². The van der Waals surface area contributed by atoms with E-state index in [1.807, 2.05) is 41.0 Å². The van der Waals surface area contributed by atoms with E-state index in [-0.39, 0.29) is 17.4 Å². The van der Waals surface area contributed by atoms with Gasteiger partial charge in [-0.05, 0) is 85.3 Å². The molecule has 0 spiro atoms. The van der Waals surface area contributed by atoms with Crippen molar-refractivity contribution in [3.63, 3.8) is 0 Å². The quantitative estimate of drug-likeness (QED) is 0.199. The number of methoxy groups -OCH3 is 1. The molecule has 0 fully saturated rings. The zero-order valence-electron chi connectivity index (χ0n) is 19.0. The molecule has 0 saturated heterocycles. The summed E-state index contributed by atoms with van der Waals surface area (Å²) < 4.78 is 7.12. The number of hydrogen-bond acceptors (Lipinski definition) is 7. The zero-order valence-corrected chi connectivity index (χ0v) is 20.5. The average molecular weight is 508 g/mol. The van der Waals surface area contributed by atoms with Crippen molar-refractivity contribution in [2.24, 2.45) is 5.10 Å². The highest BCUT2D eigenvalue weighted by Crippen LogP contribution is 2.29. The van der Waals surface area contributed by atoms with Crippen molar-refractivity contribution >= 4 is 35.0 Å². The van der Waals surface area contributed by atoms with Gasteiger partial charge in [-0.1, -0.05) is 23.4 Å². The Hall–Kier alpha value is -3.82. The van der Waals surface area contributed by atoms with Crippen molar-refractivity contribution in [1.29, 1.82) is 0 Å². The number of aromatic hydroxyl groups is 1. The topological polar surface area (TPSA) is 102 Å². The van der Waals surface area contributed by atoms with E-state index < -0.39 is 0 Å². The van der Waals surface area contributed by atoms with E-state index in [4.69, 9.17) is 16.3 Å². The summed E-state index contributed by atoms with van der Waals surface area (Å²) >= 11 is 7.32. The minimum absolute atomic E-state index is 0.0840. The van der Waals surface area contributed by atoms with Crippen LogP contribution in [-0.2, 0) is 4.79 Å². The lowest BCUT2D eigenvalue weighted by molar-refractivity contribution is -0.118. The molecule has 0 aliphatic rings. The molecular formula is C25H22ClN5O3S. The van der Waals surface area contributed by atoms with Crippen LogP contribution >= 0.6 is 23.4 Å². The minimum atomic E-state index is -0.287. The summed E-state index contributed by atoms with van der Waals surface area (Å²) in [5.41, 5.74) is 5.63. The maximum absolute atomic E-state index is 12.5. The molecule has 0 bridgehead atoms. The first-order valence-corrected chi connectivity index (χ1v) is 11.9. The number of nitrogens with one attached hydrogen (secondary N) is 1. The van der Waals surface area contributed by atoms with E-state index in [2.05, 4.69) is 20.7 Å². The lowest BCUT2D eigenvalue weighted by Crippen LogP contribution is -2.21. The van der Waals surface area contributed by atoms with Gasteiger partial charge in [-0.2, -0.15) is 5.10 Å². The summed E-state index contributed by atoms with van der Waals surface area (Å²) in [4.78, 5) is 12.5. The normalized spacial score (nSPS) is 11.3. The lowest BCUT2D eigenvalue weighted by atomic mass is 10.1. The van der Waals surface area contributed by atoms with Gasteiger partial charge >= 0.3 is 0 Å². The van der Waals surface area contributed by atoms with E-state index in [9.17, 15) is 9.90 Å². The summed E-state index contributed by atoms with van der Waals surface area (Å²) in [5, 5.41) is 23.4. The number of hydrogen-bond donors (Lipinski definition) is 2. The largest absolute Gasteiger partial charge is 0.508 e. The number of halogens is 1. The van der Waals surface area contributed by atoms with E-state index in [1.165, 1.54) is 11.8 Å². The standard InChI is InChI=1S/C25H22ClN5O3S/c1-16(17-3-11-21(32)12-4-17)27-28-23(33)15-35-25-30-29-24(18-5-13-22(34-2)14-6-18)31(25)20-9-7-19(26)8-10-20/h3-14,32H,15H2,1-2H3,(H,28,33)/b27-16+. The van der Waals surface area contributed by atoms with Crippen LogP contribution in [0.4, 0.5) is 0 Å². The van der Waals surface area contributed by atoms with Gasteiger partial charge in [-0.15, -0.1) is 10.2 Å². The molecule has 1 heterocycles. The van der Waals surface area contributed by atoms with E-state index >= 15 is 0 Å². The number of ether oxygens (including phenoxy) is 1. The molecule has 0 unspecified atom stereocenters. The lowest BCUT2D eigenvalue weighted by Gasteiger charge is -2.11. The van der Waals surface area contributed by atoms with Crippen molar-refractivity contribution in [3.8, 4) is 28.6 Å². The van der Waals surface area contributed by atoms with Gasteiger partial charge in [0.05, 0.1) is 18.6 Å². The Balaban J connectivity index is 1.53. The van der Waals surface area contributed by atoms with Crippen molar-refractivity contribution in [1.82, 2.24) is 20.2 Å². The van der Waals surface area contributed by atoms with Crippen LogP contribution in [-0.4, -0.2) is 44.4 Å². The number of aromatic nitrogens is 3. The van der Waals surface area contributed by atoms with Crippen LogP contribution < -0.4 is 10.2 Å². The third-order valence-electron chi connectivity index (χ3n) is 5.03. The van der Waals surface area contributed by atoms with Crippen LogP contribution in [0.3, 0.4) is 0 Å². The average Bonchev–Trinajstić information content (AvgIpc) is 3.31. The minimum Gasteiger partial charge on any atom is -0.508 e. The predicted molar refractivity (Wildman–Crippen MR) is 138 cm³/mol. The Bertz CT molecular complexity index is 1340. The number of amides is 1. The molecule has 0 saturated carbocycles. The summed E-state index contributed by atoms with van der Waals surface area (Å²) in [7, 11) is 1.61. The Morgan fingerprint density at radius 1 is 1.06 bits per heavy atom. The predicted octanol–water partition coefficient (Wildman–Crippen LogP) is 4.93. The summed E-state index contributed by atoms with van der Waals surface area (Å²) in [5.74, 6) is 1.33. The maximum atomic E-state index is 12.5. The zero-order chi connectivity index (χ0) is 24.8. The third-order valence-corrected chi connectivity index (χ3v) is 6.21. The van der Waals surface area contributed by atoms with Gasteiger partial charge in [0.1, 0.15) is 11.5 Å². The second-order valence-corrected chi connectivity index (χ2v) is 8.79. The number of phenols is 1. The van der Waals surface area contributed by atoms with Gasteiger partial charge in [0.2, 0.25) is 0 Å². The Labute approximate surface area is 211 Å². The highest BCUT2D eigenvalue weighted by molar-refractivity contribution is 7.99. The fourth-order valence-electron chi connectivity index (χ4n) is 3.19. The fourth-order valence-corrected chi connectivity index (χ4v) is 4.06. The molecule has 0 aliphatic carbocycles. The van der Waals surface area contributed by atoms with Crippen molar-refractivity contribution in [3.05, 3.63) is 83.4 Å². The van der Waals surface area contributed by atoms with Crippen LogP contribution in [0.1, 0.15) is 12.5 Å². The van der Waals surface area contributed by atoms with Crippen molar-refractivity contribution < 1.29 is 14.6 Å². The number of nitrogens with zero attached hydrogens (tertiary/aromatic N) is 4. The van der Waals surface area contributed by atoms with Crippen molar-refractivity contribution in [2.45, 2.75) is 12.1 Å². The molecule has 0 radical (unpaired) electrons. The SMILES string of the molecule is COc1ccc(-c2nnc(SCC(=O)N/N=C(\C)c3ccc(O)cc3)n2-c2ccc(Cl)cc2)cc1. The number of rotatable bonds is 8. The smallest absolute Gasteiger partial charge is 0.250 e. The first kappa shape index (κ1) is 24.3. The second-order valence-electron chi connectivity index (χ2n) is 7.41. The van der Waals surface area contributed by atoms with Crippen molar-refractivity contribution in [2.75, 3.05) is 12.9 Å². The van der Waals surface area contributed by atoms with E-state index in [0.29, 0.717) is 21.7 Å². The van der Waals surface area contributed by atoms with Crippen LogP contribution in [0.5, 0.6) is 11.5 Å². The molecule has 0 aliphatic heterocycles. The van der Waals surface area contributed by atoms with Gasteiger partial charge in [0.15, 0.2) is 11.0 Å². The third kappa shape index (κ3) is 6.00. The van der Waals surface area contributed by atoms with Gasteiger partial charge in [-0.25, -0.2) is 5.43 Å². The van der Waals surface area contributed by atoms with Gasteiger partial charge in [0.25, 0.3) is 5.91 Å². The van der Waals surface area contributed by atoms with Gasteiger partial charge in [-0.3, -0.25) is 9.36 Å². The van der Waals surface area contributed by atoms with Crippen LogP contribution in [0.15, 0.2) is 83.1 Å². The molecule has 4 rings (SSSR count). The molecule has 0 atom stereocenters. The number of carbonyl (C=O) groups excluding carboxylic acids is 1. The molecule has 178 valence electrons. The number of benzene rings is 3. The van der Waals surface area contributed by atoms with E-state index in [0.717, 1.165) is 22.6 Å². The highest BCUT2D eigenvalue weighted by atomic mass is 35.5. The number of phenolic OH excluding ortho intramolecular Hbond substituents is 1. The van der Waals surface area contributed by atoms with Gasteiger partial charge < -0.3 is 9.84 Å². The molecule has 4 aromatic rings. The molecule has 35 heavy (non-hydrogen) atoms. The molecular weight excluding hydrogens is 486 g/mol. The molecule has 1 amide bonds. The fraction of sp³-hybridized carbons (Fsp3) is 0.120. The molecule has 8 nitrogen and oxygen atoms in total. The van der Waals surface area contributed by atoms with Crippen LogP contribution in [0.2, 0.25) is 5.02 Å². The Kier molecular flexibility index (Phi) is 7.69. The summed E-state index contributed by atoms with van der Waals surface area (Å²) in [6.45, 7) is 1.78. The number of carbonyl (C=O) groups is 1. The van der Waals surface area contributed by atoms with Gasteiger partial charge in [0, 0.05) is 16.3 Å². The molecule has 3 aromatic carbocycles. The first-order valence-electron chi connectivity index (χ1n) is 10.6. The highest BCUT2D eigenvalue weighted by Gasteiger charge is 2.17. The molecule has 2 N–H and O–H groups in total. The molecule has 10 heteroatoms.